The van der Waals surface area contributed by atoms with Crippen molar-refractivity contribution >= 4 is 27.6 Å². The predicted molar refractivity (Wildman–Crippen MR) is 77.6 cm³/mol. The number of ether oxygens (including phenoxy) is 1. The molecule has 0 saturated carbocycles. The maximum absolute atomic E-state index is 11.9. The van der Waals surface area contributed by atoms with E-state index in [0.717, 1.165) is 16.6 Å². The highest BCUT2D eigenvalue weighted by Crippen LogP contribution is 2.27. The number of para-hydroxylation sites is 1. The number of esters is 1. The molecule has 0 saturated heterocycles. The van der Waals surface area contributed by atoms with Gasteiger partial charge in [0.05, 0.1) is 7.11 Å². The van der Waals surface area contributed by atoms with Gasteiger partial charge in [-0.3, -0.25) is 0 Å². The number of hydrogen-bond donors (Lipinski definition) is 1. The van der Waals surface area contributed by atoms with Crippen LogP contribution in [0.25, 0.3) is 0 Å². The van der Waals surface area contributed by atoms with Crippen molar-refractivity contribution in [3.63, 3.8) is 0 Å². The number of anilines is 1. The van der Waals surface area contributed by atoms with Crippen molar-refractivity contribution in [2.75, 3.05) is 12.4 Å². The van der Waals surface area contributed by atoms with Crippen LogP contribution >= 0.6 is 15.9 Å². The Kier molecular flexibility index (Phi) is 5.41. The van der Waals surface area contributed by atoms with Gasteiger partial charge in [-0.1, -0.05) is 18.2 Å². The molecule has 98 valence electrons. The molecular weight excluding hydrogens is 294 g/mol. The Hall–Kier alpha value is -1.29. The van der Waals surface area contributed by atoms with E-state index >= 15 is 0 Å². The van der Waals surface area contributed by atoms with E-state index < -0.39 is 5.54 Å². The number of benzene rings is 1. The fourth-order valence-electron chi connectivity index (χ4n) is 1.69. The van der Waals surface area contributed by atoms with Crippen molar-refractivity contribution in [3.05, 3.63) is 41.4 Å². The Morgan fingerprint density at radius 2 is 2.22 bits per heavy atom. The van der Waals surface area contributed by atoms with Gasteiger partial charge in [-0.05, 0) is 47.8 Å². The summed E-state index contributed by atoms with van der Waals surface area (Å²) in [4.78, 5) is 11.9. The van der Waals surface area contributed by atoms with E-state index in [2.05, 4.69) is 27.8 Å². The topological polar surface area (TPSA) is 38.3 Å². The van der Waals surface area contributed by atoms with E-state index in [1.807, 2.05) is 31.2 Å². The molecule has 4 heteroatoms. The molecule has 0 aliphatic carbocycles. The number of carbonyl (C=O) groups excluding carboxylic acids is 1. The first-order valence-electron chi connectivity index (χ1n) is 5.75. The molecule has 1 atom stereocenters. The van der Waals surface area contributed by atoms with Gasteiger partial charge in [0.1, 0.15) is 5.54 Å². The van der Waals surface area contributed by atoms with E-state index in [-0.39, 0.29) is 5.97 Å². The van der Waals surface area contributed by atoms with Gasteiger partial charge in [0, 0.05) is 10.2 Å². The van der Waals surface area contributed by atoms with Crippen LogP contribution in [0.4, 0.5) is 5.69 Å². The van der Waals surface area contributed by atoms with Gasteiger partial charge in [-0.2, -0.15) is 0 Å². The first-order chi connectivity index (χ1) is 8.53. The molecule has 0 amide bonds. The largest absolute Gasteiger partial charge is 0.467 e. The Balaban J connectivity index is 2.94. The smallest absolute Gasteiger partial charge is 0.331 e. The second-order valence-electron chi connectivity index (χ2n) is 4.26. The summed E-state index contributed by atoms with van der Waals surface area (Å²) in [6.07, 6.45) is 3.16. The number of halogens is 1. The summed E-state index contributed by atoms with van der Waals surface area (Å²) in [5, 5.41) is 3.24. The van der Waals surface area contributed by atoms with E-state index in [0.29, 0.717) is 6.42 Å². The van der Waals surface area contributed by atoms with Crippen LogP contribution in [0.1, 0.15) is 19.8 Å². The highest BCUT2D eigenvalue weighted by atomic mass is 79.9. The standard InChI is InChI=1S/C14H18BrNO2/c1-4-5-10-14(2,13(17)18-3)16-12-9-7-6-8-11(12)15/h4,6-9,16H,1,5,10H2,2-3H3. The summed E-state index contributed by atoms with van der Waals surface area (Å²) in [5.74, 6) is -0.278. The maximum Gasteiger partial charge on any atom is 0.331 e. The Morgan fingerprint density at radius 3 is 2.78 bits per heavy atom. The van der Waals surface area contributed by atoms with E-state index in [1.54, 1.807) is 6.08 Å². The summed E-state index contributed by atoms with van der Waals surface area (Å²) in [5.41, 5.74) is 0.113. The van der Waals surface area contributed by atoms with Crippen molar-refractivity contribution < 1.29 is 9.53 Å². The lowest BCUT2D eigenvalue weighted by atomic mass is 9.95. The predicted octanol–water partition coefficient (Wildman–Crippen LogP) is 3.76. The summed E-state index contributed by atoms with van der Waals surface area (Å²) >= 11 is 3.45. The van der Waals surface area contributed by atoms with Crippen LogP contribution in [0.5, 0.6) is 0 Å². The molecule has 3 nitrogen and oxygen atoms in total. The molecule has 0 aliphatic rings. The van der Waals surface area contributed by atoms with Crippen molar-refractivity contribution in [1.82, 2.24) is 0 Å². The summed E-state index contributed by atoms with van der Waals surface area (Å²) in [6, 6.07) is 7.68. The normalized spacial score (nSPS) is 13.5. The molecule has 1 N–H and O–H groups in total. The lowest BCUT2D eigenvalue weighted by Gasteiger charge is -2.29. The van der Waals surface area contributed by atoms with Crippen molar-refractivity contribution in [2.24, 2.45) is 0 Å². The average molecular weight is 312 g/mol. The summed E-state index contributed by atoms with van der Waals surface area (Å²) in [7, 11) is 1.40. The molecular formula is C14H18BrNO2. The summed E-state index contributed by atoms with van der Waals surface area (Å²) in [6.45, 7) is 5.52. The zero-order valence-corrected chi connectivity index (χ0v) is 12.3. The van der Waals surface area contributed by atoms with Crippen LogP contribution in [0.15, 0.2) is 41.4 Å². The molecule has 1 unspecified atom stereocenters. The molecule has 0 heterocycles. The van der Waals surface area contributed by atoms with Crippen LogP contribution in [0, 0.1) is 0 Å². The van der Waals surface area contributed by atoms with E-state index in [1.165, 1.54) is 7.11 Å². The van der Waals surface area contributed by atoms with Gasteiger partial charge < -0.3 is 10.1 Å². The highest BCUT2D eigenvalue weighted by Gasteiger charge is 2.33. The SMILES string of the molecule is C=CCCC(C)(Nc1ccccc1Br)C(=O)OC. The third kappa shape index (κ3) is 3.60. The number of carbonyl (C=O) groups is 1. The monoisotopic (exact) mass is 311 g/mol. The number of allylic oxidation sites excluding steroid dienone is 1. The van der Waals surface area contributed by atoms with E-state index in [9.17, 15) is 4.79 Å². The minimum Gasteiger partial charge on any atom is -0.467 e. The number of rotatable bonds is 6. The molecule has 0 radical (unpaired) electrons. The lowest BCUT2D eigenvalue weighted by Crippen LogP contribution is -2.44. The number of methoxy groups -OCH3 is 1. The first kappa shape index (κ1) is 14.8. The second-order valence-corrected chi connectivity index (χ2v) is 5.11. The van der Waals surface area contributed by atoms with Gasteiger partial charge in [0.2, 0.25) is 0 Å². The maximum atomic E-state index is 11.9. The Morgan fingerprint density at radius 1 is 1.56 bits per heavy atom. The van der Waals surface area contributed by atoms with Gasteiger partial charge in [-0.25, -0.2) is 4.79 Å². The van der Waals surface area contributed by atoms with E-state index in [4.69, 9.17) is 4.74 Å². The third-order valence-corrected chi connectivity index (χ3v) is 3.46. The fourth-order valence-corrected chi connectivity index (χ4v) is 2.08. The average Bonchev–Trinajstić information content (AvgIpc) is 2.38. The molecule has 0 bridgehead atoms. The highest BCUT2D eigenvalue weighted by molar-refractivity contribution is 9.10. The Labute approximate surface area is 116 Å². The zero-order chi connectivity index (χ0) is 13.6. The van der Waals surface area contributed by atoms with Crippen LogP contribution in [-0.2, 0) is 9.53 Å². The quantitative estimate of drug-likeness (QED) is 0.642. The van der Waals surface area contributed by atoms with Crippen molar-refractivity contribution in [3.8, 4) is 0 Å². The number of nitrogens with one attached hydrogen (secondary N) is 1. The Bertz CT molecular complexity index is 434. The van der Waals surface area contributed by atoms with Crippen LogP contribution in [0.2, 0.25) is 0 Å². The molecule has 18 heavy (non-hydrogen) atoms. The second kappa shape index (κ2) is 6.59. The van der Waals surface area contributed by atoms with Gasteiger partial charge >= 0.3 is 5.97 Å². The van der Waals surface area contributed by atoms with Gasteiger partial charge in [-0.15, -0.1) is 6.58 Å². The zero-order valence-electron chi connectivity index (χ0n) is 10.7. The third-order valence-electron chi connectivity index (χ3n) is 2.77. The lowest BCUT2D eigenvalue weighted by molar-refractivity contribution is -0.145. The minimum absolute atomic E-state index is 0.278. The molecule has 0 aromatic heterocycles. The molecule has 0 aliphatic heterocycles. The van der Waals surface area contributed by atoms with Crippen molar-refractivity contribution in [2.45, 2.75) is 25.3 Å². The summed E-state index contributed by atoms with van der Waals surface area (Å²) < 4.78 is 5.79. The van der Waals surface area contributed by atoms with Crippen LogP contribution in [-0.4, -0.2) is 18.6 Å². The van der Waals surface area contributed by atoms with Crippen LogP contribution < -0.4 is 5.32 Å². The molecule has 1 rings (SSSR count). The van der Waals surface area contributed by atoms with Gasteiger partial charge in [0.25, 0.3) is 0 Å². The number of hydrogen-bond acceptors (Lipinski definition) is 3. The molecule has 0 fully saturated rings. The fraction of sp³-hybridized carbons (Fsp3) is 0.357. The van der Waals surface area contributed by atoms with Gasteiger partial charge in [0.15, 0.2) is 0 Å². The minimum atomic E-state index is -0.757. The van der Waals surface area contributed by atoms with Crippen LogP contribution in [0.3, 0.4) is 0 Å². The first-order valence-corrected chi connectivity index (χ1v) is 6.55. The van der Waals surface area contributed by atoms with Crippen molar-refractivity contribution in [1.29, 1.82) is 0 Å². The molecule has 1 aromatic carbocycles. The molecule has 0 spiro atoms. The molecule has 1 aromatic rings.